The zero-order valence-electron chi connectivity index (χ0n) is 13.7. The zero-order chi connectivity index (χ0) is 17.1. The molecule has 0 saturated heterocycles. The molecule has 24 heavy (non-hydrogen) atoms. The summed E-state index contributed by atoms with van der Waals surface area (Å²) in [6.07, 6.45) is 2.73. The molecule has 1 unspecified atom stereocenters. The van der Waals surface area contributed by atoms with E-state index in [1.54, 1.807) is 12.1 Å². The third-order valence-corrected chi connectivity index (χ3v) is 4.12. The first-order valence-corrected chi connectivity index (χ1v) is 7.88. The van der Waals surface area contributed by atoms with Crippen LogP contribution in [0.5, 0.6) is 5.75 Å². The molecule has 1 aromatic heterocycles. The monoisotopic (exact) mass is 328 g/mol. The second kappa shape index (κ2) is 6.88. The third kappa shape index (κ3) is 2.80. The zero-order valence-corrected chi connectivity index (χ0v) is 13.7. The Bertz CT molecular complexity index is 730. The van der Waals surface area contributed by atoms with E-state index in [0.717, 1.165) is 12.0 Å². The number of carbonyl (C=O) groups is 1. The number of ether oxygens (including phenoxy) is 2. The topological polar surface area (TPSA) is 71.9 Å². The molecule has 1 aliphatic heterocycles. The number of methoxy groups -OCH3 is 1. The van der Waals surface area contributed by atoms with Gasteiger partial charge in [0.05, 0.1) is 25.4 Å². The summed E-state index contributed by atoms with van der Waals surface area (Å²) in [7, 11) is 1.34. The van der Waals surface area contributed by atoms with Gasteiger partial charge in [-0.2, -0.15) is 0 Å². The maximum atomic E-state index is 12.0. The quantitative estimate of drug-likeness (QED) is 0.869. The van der Waals surface area contributed by atoms with Gasteiger partial charge in [0, 0.05) is 6.20 Å². The summed E-state index contributed by atoms with van der Waals surface area (Å²) in [5, 5.41) is 9.73. The van der Waals surface area contributed by atoms with Gasteiger partial charge in [-0.05, 0) is 30.2 Å². The fourth-order valence-electron chi connectivity index (χ4n) is 2.80. The van der Waals surface area contributed by atoms with Crippen LogP contribution >= 0.6 is 0 Å². The molecular weight excluding hydrogens is 308 g/mol. The van der Waals surface area contributed by atoms with Gasteiger partial charge in [0.2, 0.25) is 0 Å². The number of nitrogens with zero attached hydrogens (tertiary/aromatic N) is 2. The van der Waals surface area contributed by atoms with Crippen molar-refractivity contribution in [3.8, 4) is 5.75 Å². The minimum Gasteiger partial charge on any atom is -0.488 e. The summed E-state index contributed by atoms with van der Waals surface area (Å²) in [4.78, 5) is 18.4. The molecule has 1 N–H and O–H groups in total. The summed E-state index contributed by atoms with van der Waals surface area (Å²) >= 11 is 0. The molecule has 0 fully saturated rings. The van der Waals surface area contributed by atoms with E-state index in [1.807, 2.05) is 29.3 Å². The van der Waals surface area contributed by atoms with Gasteiger partial charge in [-0.25, -0.2) is 9.78 Å². The number of rotatable bonds is 4. The van der Waals surface area contributed by atoms with Gasteiger partial charge < -0.3 is 19.5 Å². The van der Waals surface area contributed by atoms with E-state index >= 15 is 0 Å². The van der Waals surface area contributed by atoms with Crippen molar-refractivity contribution in [1.29, 1.82) is 0 Å². The molecule has 0 amide bonds. The normalized spacial score (nSPS) is 16.3. The SMILES string of the molecule is CCc1ccc(N2c3cccc(C(=O)OC)c3OCC2CO)nc1. The maximum absolute atomic E-state index is 12.0. The molecule has 1 aromatic carbocycles. The van der Waals surface area contributed by atoms with Crippen LogP contribution in [-0.2, 0) is 11.2 Å². The summed E-state index contributed by atoms with van der Waals surface area (Å²) < 4.78 is 10.6. The molecule has 2 heterocycles. The minimum absolute atomic E-state index is 0.0842. The summed E-state index contributed by atoms with van der Waals surface area (Å²) in [5.41, 5.74) is 2.19. The molecule has 0 bridgehead atoms. The van der Waals surface area contributed by atoms with Crippen molar-refractivity contribution in [2.45, 2.75) is 19.4 Å². The van der Waals surface area contributed by atoms with E-state index in [2.05, 4.69) is 11.9 Å². The van der Waals surface area contributed by atoms with Crippen molar-refractivity contribution >= 4 is 17.5 Å². The van der Waals surface area contributed by atoms with Gasteiger partial charge in [0.15, 0.2) is 5.75 Å². The second-order valence-corrected chi connectivity index (χ2v) is 5.54. The van der Waals surface area contributed by atoms with Gasteiger partial charge in [-0.1, -0.05) is 19.1 Å². The van der Waals surface area contributed by atoms with Crippen LogP contribution in [0.3, 0.4) is 0 Å². The number of hydrogen-bond donors (Lipinski definition) is 1. The van der Waals surface area contributed by atoms with Crippen molar-refractivity contribution < 1.29 is 19.4 Å². The summed E-state index contributed by atoms with van der Waals surface area (Å²) in [6.45, 7) is 2.24. The number of aromatic nitrogens is 1. The number of aryl methyl sites for hydroxylation is 1. The van der Waals surface area contributed by atoms with Crippen LogP contribution in [0.25, 0.3) is 0 Å². The van der Waals surface area contributed by atoms with E-state index < -0.39 is 5.97 Å². The highest BCUT2D eigenvalue weighted by Gasteiger charge is 2.32. The Labute approximate surface area is 140 Å². The van der Waals surface area contributed by atoms with Gasteiger partial charge in [-0.3, -0.25) is 0 Å². The highest BCUT2D eigenvalue weighted by Crippen LogP contribution is 2.40. The maximum Gasteiger partial charge on any atom is 0.341 e. The minimum atomic E-state index is -0.455. The summed E-state index contributed by atoms with van der Waals surface area (Å²) in [5.74, 6) is 0.705. The smallest absolute Gasteiger partial charge is 0.341 e. The number of hydrogen-bond acceptors (Lipinski definition) is 6. The molecule has 126 valence electrons. The number of esters is 1. The fourth-order valence-corrected chi connectivity index (χ4v) is 2.80. The van der Waals surface area contributed by atoms with Crippen molar-refractivity contribution in [3.63, 3.8) is 0 Å². The fraction of sp³-hybridized carbons (Fsp3) is 0.333. The third-order valence-electron chi connectivity index (χ3n) is 4.12. The van der Waals surface area contributed by atoms with Crippen molar-refractivity contribution in [3.05, 3.63) is 47.7 Å². The first-order valence-electron chi connectivity index (χ1n) is 7.88. The van der Waals surface area contributed by atoms with Crippen LogP contribution in [0.2, 0.25) is 0 Å². The van der Waals surface area contributed by atoms with Gasteiger partial charge in [0.25, 0.3) is 0 Å². The van der Waals surface area contributed by atoms with E-state index in [9.17, 15) is 9.90 Å². The Morgan fingerprint density at radius 1 is 1.42 bits per heavy atom. The van der Waals surface area contributed by atoms with Crippen LogP contribution in [0, 0.1) is 0 Å². The molecule has 2 aromatic rings. The summed E-state index contributed by atoms with van der Waals surface area (Å²) in [6, 6.07) is 8.93. The lowest BCUT2D eigenvalue weighted by molar-refractivity contribution is 0.0594. The number of para-hydroxylation sites is 1. The van der Waals surface area contributed by atoms with Crippen LogP contribution < -0.4 is 9.64 Å². The molecule has 3 rings (SSSR count). The Kier molecular flexibility index (Phi) is 4.66. The number of benzene rings is 1. The number of anilines is 2. The van der Waals surface area contributed by atoms with Crippen molar-refractivity contribution in [2.24, 2.45) is 0 Å². The first-order chi connectivity index (χ1) is 11.7. The number of carbonyl (C=O) groups excluding carboxylic acids is 1. The van der Waals surface area contributed by atoms with Gasteiger partial charge in [0.1, 0.15) is 18.0 Å². The molecule has 6 nitrogen and oxygen atoms in total. The van der Waals surface area contributed by atoms with E-state index in [0.29, 0.717) is 22.8 Å². The van der Waals surface area contributed by atoms with E-state index in [-0.39, 0.29) is 19.3 Å². The first kappa shape index (κ1) is 16.3. The van der Waals surface area contributed by atoms with E-state index in [1.165, 1.54) is 7.11 Å². The Hall–Kier alpha value is -2.60. The number of fused-ring (bicyclic) bond motifs is 1. The molecule has 1 atom stereocenters. The van der Waals surface area contributed by atoms with E-state index in [4.69, 9.17) is 9.47 Å². The van der Waals surface area contributed by atoms with Crippen molar-refractivity contribution in [1.82, 2.24) is 4.98 Å². The molecule has 1 aliphatic rings. The molecule has 6 heteroatoms. The standard InChI is InChI=1S/C18H20N2O4/c1-3-12-7-8-16(19-9-12)20-13(10-21)11-24-17-14(18(22)23-2)5-4-6-15(17)20/h4-9,13,21H,3,10-11H2,1-2H3. The average molecular weight is 328 g/mol. The average Bonchev–Trinajstić information content (AvgIpc) is 2.66. The van der Waals surface area contributed by atoms with Gasteiger partial charge in [-0.15, -0.1) is 0 Å². The molecule has 0 radical (unpaired) electrons. The van der Waals surface area contributed by atoms with Crippen LogP contribution in [-0.4, -0.2) is 42.4 Å². The Morgan fingerprint density at radius 3 is 2.88 bits per heavy atom. The van der Waals surface area contributed by atoms with Crippen molar-refractivity contribution in [2.75, 3.05) is 25.2 Å². The highest BCUT2D eigenvalue weighted by molar-refractivity contribution is 5.95. The largest absolute Gasteiger partial charge is 0.488 e. The Morgan fingerprint density at radius 2 is 2.25 bits per heavy atom. The lowest BCUT2D eigenvalue weighted by Crippen LogP contribution is -2.43. The predicted molar refractivity (Wildman–Crippen MR) is 89.9 cm³/mol. The lowest BCUT2D eigenvalue weighted by Gasteiger charge is -2.37. The highest BCUT2D eigenvalue weighted by atomic mass is 16.5. The predicted octanol–water partition coefficient (Wildman–Crippen LogP) is 2.32. The molecular formula is C18H20N2O4. The molecule has 0 aliphatic carbocycles. The van der Waals surface area contributed by atoms with Crippen LogP contribution in [0.15, 0.2) is 36.5 Å². The number of pyridine rings is 1. The lowest BCUT2D eigenvalue weighted by atomic mass is 10.1. The van der Waals surface area contributed by atoms with Gasteiger partial charge >= 0.3 is 5.97 Å². The molecule has 0 spiro atoms. The Balaban J connectivity index is 2.09. The van der Waals surface area contributed by atoms with Crippen LogP contribution in [0.1, 0.15) is 22.8 Å². The number of aliphatic hydroxyl groups excluding tert-OH is 1. The second-order valence-electron chi connectivity index (χ2n) is 5.54. The number of aliphatic hydroxyl groups is 1. The van der Waals surface area contributed by atoms with Crippen LogP contribution in [0.4, 0.5) is 11.5 Å². The molecule has 0 saturated carbocycles.